The maximum atomic E-state index is 13.4. The second-order valence-corrected chi connectivity index (χ2v) is 9.59. The Bertz CT molecular complexity index is 1350. The number of urea groups is 1. The highest BCUT2D eigenvalue weighted by Gasteiger charge is 2.22. The molecule has 41 heavy (non-hydrogen) atoms. The number of rotatable bonds is 13. The molecule has 10 nitrogen and oxygen atoms in total. The van der Waals surface area contributed by atoms with E-state index >= 15 is 0 Å². The first-order valence-electron chi connectivity index (χ1n) is 13.4. The Morgan fingerprint density at radius 3 is 2.34 bits per heavy atom. The Labute approximate surface area is 239 Å². The zero-order valence-electron chi connectivity index (χ0n) is 23.5. The Morgan fingerprint density at radius 2 is 1.63 bits per heavy atom. The SMILES string of the molecule is CCC(C)CCN(C(=O)CNC(=O)Nc1cccc(C(=O)O)c1)c1ccccc1OCC(=O)N(C)c1ccccc1. The maximum Gasteiger partial charge on any atom is 0.335 e. The van der Waals surface area contributed by atoms with Gasteiger partial charge in [-0.1, -0.05) is 56.7 Å². The summed E-state index contributed by atoms with van der Waals surface area (Å²) in [5, 5.41) is 14.2. The van der Waals surface area contributed by atoms with Crippen LogP contribution in [0.25, 0.3) is 0 Å². The number of carboxylic acid groups (broad SMARTS) is 1. The van der Waals surface area contributed by atoms with E-state index in [1.165, 1.54) is 23.1 Å². The van der Waals surface area contributed by atoms with Crippen LogP contribution in [0.2, 0.25) is 0 Å². The number of carboxylic acids is 1. The van der Waals surface area contributed by atoms with E-state index in [1.807, 2.05) is 30.3 Å². The van der Waals surface area contributed by atoms with Crippen molar-refractivity contribution in [1.82, 2.24) is 5.32 Å². The summed E-state index contributed by atoms with van der Waals surface area (Å²) < 4.78 is 5.91. The number of hydrogen-bond acceptors (Lipinski definition) is 5. The minimum absolute atomic E-state index is 0.0279. The van der Waals surface area contributed by atoms with E-state index in [0.717, 1.165) is 18.5 Å². The van der Waals surface area contributed by atoms with Crippen molar-refractivity contribution >= 4 is 40.9 Å². The van der Waals surface area contributed by atoms with Crippen molar-refractivity contribution < 1.29 is 29.0 Å². The number of para-hydroxylation sites is 3. The van der Waals surface area contributed by atoms with Gasteiger partial charge in [0.15, 0.2) is 6.61 Å². The average molecular weight is 561 g/mol. The molecule has 3 rings (SSSR count). The Kier molecular flexibility index (Phi) is 11.3. The number of benzene rings is 3. The number of carbonyl (C=O) groups excluding carboxylic acids is 3. The molecule has 1 unspecified atom stereocenters. The van der Waals surface area contributed by atoms with Crippen LogP contribution in [0.15, 0.2) is 78.9 Å². The normalized spacial score (nSPS) is 11.2. The van der Waals surface area contributed by atoms with Crippen molar-refractivity contribution in [1.29, 1.82) is 0 Å². The quantitative estimate of drug-likeness (QED) is 0.269. The summed E-state index contributed by atoms with van der Waals surface area (Å²) >= 11 is 0. The van der Waals surface area contributed by atoms with Gasteiger partial charge in [0.1, 0.15) is 5.75 Å². The summed E-state index contributed by atoms with van der Waals surface area (Å²) in [6.07, 6.45) is 1.66. The smallest absolute Gasteiger partial charge is 0.335 e. The van der Waals surface area contributed by atoms with Gasteiger partial charge in [0.2, 0.25) is 5.91 Å². The van der Waals surface area contributed by atoms with Crippen molar-refractivity contribution in [2.24, 2.45) is 5.92 Å². The van der Waals surface area contributed by atoms with Crippen LogP contribution in [0.3, 0.4) is 0 Å². The molecule has 0 saturated carbocycles. The van der Waals surface area contributed by atoms with Gasteiger partial charge >= 0.3 is 12.0 Å². The second kappa shape index (κ2) is 15.1. The fraction of sp³-hybridized carbons (Fsp3) is 0.290. The third kappa shape index (κ3) is 9.10. The molecule has 0 radical (unpaired) electrons. The number of nitrogens with one attached hydrogen (secondary N) is 2. The predicted molar refractivity (Wildman–Crippen MR) is 159 cm³/mol. The van der Waals surface area contributed by atoms with Gasteiger partial charge in [-0.05, 0) is 54.8 Å². The van der Waals surface area contributed by atoms with Crippen molar-refractivity contribution in [3.8, 4) is 5.75 Å². The lowest BCUT2D eigenvalue weighted by atomic mass is 10.0. The van der Waals surface area contributed by atoms with Gasteiger partial charge in [-0.2, -0.15) is 0 Å². The first-order valence-corrected chi connectivity index (χ1v) is 13.4. The van der Waals surface area contributed by atoms with Crippen LogP contribution in [0, 0.1) is 5.92 Å². The van der Waals surface area contributed by atoms with Crippen LogP contribution in [0.4, 0.5) is 21.9 Å². The number of carbonyl (C=O) groups is 4. The minimum atomic E-state index is -1.12. The number of amides is 4. The molecule has 3 N–H and O–H groups in total. The lowest BCUT2D eigenvalue weighted by molar-refractivity contribution is -0.120. The van der Waals surface area contributed by atoms with Crippen LogP contribution in [0.5, 0.6) is 5.75 Å². The molecule has 0 aromatic heterocycles. The third-order valence-electron chi connectivity index (χ3n) is 6.64. The highest BCUT2D eigenvalue weighted by Crippen LogP contribution is 2.29. The number of hydrogen-bond donors (Lipinski definition) is 3. The molecule has 3 aromatic carbocycles. The zero-order chi connectivity index (χ0) is 29.8. The monoisotopic (exact) mass is 560 g/mol. The molecule has 10 heteroatoms. The van der Waals surface area contributed by atoms with Crippen LogP contribution in [0.1, 0.15) is 37.0 Å². The van der Waals surface area contributed by atoms with Gasteiger partial charge < -0.3 is 30.3 Å². The lowest BCUT2D eigenvalue weighted by Gasteiger charge is -2.27. The molecule has 0 heterocycles. The lowest BCUT2D eigenvalue weighted by Crippen LogP contribution is -2.42. The van der Waals surface area contributed by atoms with Gasteiger partial charge in [-0.25, -0.2) is 9.59 Å². The van der Waals surface area contributed by atoms with Crippen LogP contribution >= 0.6 is 0 Å². The Morgan fingerprint density at radius 1 is 0.927 bits per heavy atom. The summed E-state index contributed by atoms with van der Waals surface area (Å²) in [6.45, 7) is 4.02. The predicted octanol–water partition coefficient (Wildman–Crippen LogP) is 5.02. The summed E-state index contributed by atoms with van der Waals surface area (Å²) in [5.74, 6) is -1.01. The molecule has 0 aliphatic rings. The zero-order valence-corrected chi connectivity index (χ0v) is 23.5. The maximum absolute atomic E-state index is 13.4. The first kappa shape index (κ1) is 30.7. The van der Waals surface area contributed by atoms with Crippen molar-refractivity contribution in [3.63, 3.8) is 0 Å². The van der Waals surface area contributed by atoms with Gasteiger partial charge in [0.05, 0.1) is 17.8 Å². The van der Waals surface area contributed by atoms with E-state index in [1.54, 1.807) is 42.3 Å². The average Bonchev–Trinajstić information content (AvgIpc) is 2.99. The number of nitrogens with zero attached hydrogens (tertiary/aromatic N) is 2. The fourth-order valence-electron chi connectivity index (χ4n) is 3.92. The summed E-state index contributed by atoms with van der Waals surface area (Å²) in [4.78, 5) is 52.9. The molecule has 4 amide bonds. The minimum Gasteiger partial charge on any atom is -0.482 e. The van der Waals surface area contributed by atoms with Crippen LogP contribution in [-0.2, 0) is 9.59 Å². The summed E-state index contributed by atoms with van der Waals surface area (Å²) in [6, 6.07) is 21.3. The van der Waals surface area contributed by atoms with E-state index < -0.39 is 12.0 Å². The molecule has 0 aliphatic carbocycles. The standard InChI is InChI=1S/C31H36N4O6/c1-4-22(2)17-18-35(28(36)20-32-31(40)33-24-12-10-11-23(19-24)30(38)39)26-15-8-9-16-27(26)41-21-29(37)34(3)25-13-6-5-7-14-25/h5-16,19,22H,4,17-18,20-21H2,1-3H3,(H,38,39)(H2,32,33,40). The first-order chi connectivity index (χ1) is 19.7. The number of likely N-dealkylation sites (N-methyl/N-ethyl adjacent to an activating group) is 1. The molecule has 0 fully saturated rings. The Balaban J connectivity index is 1.70. The number of aromatic carboxylic acids is 1. The second-order valence-electron chi connectivity index (χ2n) is 9.59. The van der Waals surface area contributed by atoms with Crippen LogP contribution < -0.4 is 25.2 Å². The fourth-order valence-corrected chi connectivity index (χ4v) is 3.92. The van der Waals surface area contributed by atoms with E-state index in [4.69, 9.17) is 9.84 Å². The molecule has 216 valence electrons. The Hall–Kier alpha value is -4.86. The highest BCUT2D eigenvalue weighted by molar-refractivity contribution is 6.00. The molecular weight excluding hydrogens is 524 g/mol. The molecule has 0 aliphatic heterocycles. The van der Waals surface area contributed by atoms with E-state index in [9.17, 15) is 19.2 Å². The van der Waals surface area contributed by atoms with Crippen molar-refractivity contribution in [3.05, 3.63) is 84.4 Å². The summed E-state index contributed by atoms with van der Waals surface area (Å²) in [5.41, 5.74) is 1.54. The summed E-state index contributed by atoms with van der Waals surface area (Å²) in [7, 11) is 1.67. The van der Waals surface area contributed by atoms with Gasteiger partial charge in [-0.3, -0.25) is 9.59 Å². The van der Waals surface area contributed by atoms with Gasteiger partial charge in [0, 0.05) is 25.0 Å². The van der Waals surface area contributed by atoms with Gasteiger partial charge in [0.25, 0.3) is 5.91 Å². The van der Waals surface area contributed by atoms with Crippen LogP contribution in [-0.4, -0.2) is 55.7 Å². The van der Waals surface area contributed by atoms with Gasteiger partial charge in [-0.15, -0.1) is 0 Å². The molecular formula is C31H36N4O6. The van der Waals surface area contributed by atoms with E-state index in [-0.39, 0.29) is 36.2 Å². The largest absolute Gasteiger partial charge is 0.482 e. The molecule has 0 bridgehead atoms. The molecule has 1 atom stereocenters. The molecule has 0 spiro atoms. The molecule has 0 saturated heterocycles. The number of anilines is 3. The van der Waals surface area contributed by atoms with Crippen molar-refractivity contribution in [2.45, 2.75) is 26.7 Å². The topological polar surface area (TPSA) is 128 Å². The van der Waals surface area contributed by atoms with Crippen molar-refractivity contribution in [2.75, 3.05) is 41.9 Å². The number of ether oxygens (including phenoxy) is 1. The van der Waals surface area contributed by atoms with E-state index in [2.05, 4.69) is 24.5 Å². The van der Waals surface area contributed by atoms with E-state index in [0.29, 0.717) is 23.9 Å². The highest BCUT2D eigenvalue weighted by atomic mass is 16.5. The third-order valence-corrected chi connectivity index (χ3v) is 6.64. The molecule has 3 aromatic rings.